The van der Waals surface area contributed by atoms with Crippen molar-refractivity contribution >= 4 is 28.8 Å². The summed E-state index contributed by atoms with van der Waals surface area (Å²) in [4.78, 5) is 15.2. The van der Waals surface area contributed by atoms with Gasteiger partial charge in [-0.05, 0) is 71.3 Å². The van der Waals surface area contributed by atoms with Gasteiger partial charge in [0, 0.05) is 16.7 Å². The molecule has 0 amide bonds. The molecular formula is C58H39N3Si. The third-order valence-electron chi connectivity index (χ3n) is 13.1. The molecule has 0 saturated heterocycles. The highest BCUT2D eigenvalue weighted by Gasteiger charge is 2.52. The summed E-state index contributed by atoms with van der Waals surface area (Å²) in [6, 6.07) is 86.5. The highest BCUT2D eigenvalue weighted by Crippen LogP contribution is 2.62. The fourth-order valence-electron chi connectivity index (χ4n) is 10.5. The van der Waals surface area contributed by atoms with E-state index in [4.69, 9.17) is 15.0 Å². The molecule has 0 N–H and O–H groups in total. The molecule has 9 aromatic carbocycles. The number of hydrogen-bond acceptors (Lipinski definition) is 3. The lowest BCUT2D eigenvalue weighted by atomic mass is 9.70. The van der Waals surface area contributed by atoms with Crippen molar-refractivity contribution in [2.45, 2.75) is 5.41 Å². The third kappa shape index (κ3) is 5.33. The van der Waals surface area contributed by atoms with Gasteiger partial charge >= 0.3 is 0 Å². The van der Waals surface area contributed by atoms with E-state index in [-0.39, 0.29) is 0 Å². The van der Waals surface area contributed by atoms with Crippen LogP contribution in [0.25, 0.3) is 56.4 Å². The first-order chi connectivity index (χ1) is 30.7. The molecule has 0 radical (unpaired) electrons. The summed E-state index contributed by atoms with van der Waals surface area (Å²) < 4.78 is 0. The van der Waals surface area contributed by atoms with Gasteiger partial charge in [0.15, 0.2) is 25.5 Å². The zero-order valence-corrected chi connectivity index (χ0v) is 34.9. The maximum atomic E-state index is 5.13. The molecule has 1 atom stereocenters. The number of fused-ring (bicyclic) bond motifs is 10. The van der Waals surface area contributed by atoms with Crippen LogP contribution in [-0.2, 0) is 5.41 Å². The minimum absolute atomic E-state index is 0.505. The molecule has 1 spiro atoms. The predicted molar refractivity (Wildman–Crippen MR) is 256 cm³/mol. The monoisotopic (exact) mass is 805 g/mol. The normalized spacial score (nSPS) is 14.5. The van der Waals surface area contributed by atoms with Gasteiger partial charge in [-0.3, -0.25) is 0 Å². The Balaban J connectivity index is 1.09. The van der Waals surface area contributed by atoms with Crippen molar-refractivity contribution < 1.29 is 0 Å². The Morgan fingerprint density at radius 3 is 1.08 bits per heavy atom. The lowest BCUT2D eigenvalue weighted by molar-refractivity contribution is 0.794. The lowest BCUT2D eigenvalue weighted by Crippen LogP contribution is -2.74. The summed E-state index contributed by atoms with van der Waals surface area (Å²) in [6.07, 6.45) is 0. The van der Waals surface area contributed by atoms with Crippen LogP contribution >= 0.6 is 0 Å². The van der Waals surface area contributed by atoms with Gasteiger partial charge in [0.25, 0.3) is 0 Å². The molecule has 2 aliphatic carbocycles. The second-order valence-corrected chi connectivity index (χ2v) is 20.1. The molecule has 0 bridgehead atoms. The van der Waals surface area contributed by atoms with E-state index in [1.165, 1.54) is 65.3 Å². The summed E-state index contributed by atoms with van der Waals surface area (Å²) in [6.45, 7) is 0. The maximum Gasteiger partial charge on any atom is 0.179 e. The van der Waals surface area contributed by atoms with Gasteiger partial charge < -0.3 is 0 Å². The Labute approximate surface area is 362 Å². The highest BCUT2D eigenvalue weighted by molar-refractivity contribution is 7.19. The topological polar surface area (TPSA) is 38.7 Å². The number of nitrogens with zero attached hydrogens (tertiary/aromatic N) is 3. The Kier molecular flexibility index (Phi) is 8.41. The van der Waals surface area contributed by atoms with Gasteiger partial charge in [-0.25, -0.2) is 15.0 Å². The molecule has 0 saturated carbocycles. The first kappa shape index (κ1) is 36.1. The Morgan fingerprint density at radius 1 is 0.258 bits per heavy atom. The minimum Gasteiger partial charge on any atom is -0.208 e. The molecule has 1 heterocycles. The van der Waals surface area contributed by atoms with Crippen LogP contribution in [0.15, 0.2) is 237 Å². The first-order valence-electron chi connectivity index (χ1n) is 21.3. The van der Waals surface area contributed by atoms with Gasteiger partial charge in [0.05, 0.1) is 5.41 Å². The Bertz CT molecular complexity index is 3130. The summed E-state index contributed by atoms with van der Waals surface area (Å²) in [7, 11) is -2.78. The van der Waals surface area contributed by atoms with Crippen LogP contribution in [0, 0.1) is 0 Å². The quantitative estimate of drug-likeness (QED) is 0.119. The van der Waals surface area contributed by atoms with Crippen LogP contribution < -0.4 is 20.7 Å². The minimum atomic E-state index is -2.78. The first-order valence-corrected chi connectivity index (χ1v) is 23.3. The van der Waals surface area contributed by atoms with Gasteiger partial charge in [-0.2, -0.15) is 0 Å². The molecule has 2 aliphatic rings. The summed E-state index contributed by atoms with van der Waals surface area (Å²) >= 11 is 0. The van der Waals surface area contributed by atoms with Gasteiger partial charge in [-0.15, -0.1) is 0 Å². The smallest absolute Gasteiger partial charge is 0.179 e. The van der Waals surface area contributed by atoms with E-state index in [9.17, 15) is 0 Å². The van der Waals surface area contributed by atoms with Gasteiger partial charge in [-0.1, -0.05) is 231 Å². The average Bonchev–Trinajstić information content (AvgIpc) is 3.82. The molecule has 0 fully saturated rings. The standard InChI is InChI=1S/C58H39N3Si/c1-6-20-40(21-7-1)55-59-56(41-22-8-2-9-23-41)61-57(60-55)42-34-36-53-49(38-42)47-30-16-18-32-51(47)58(53)52-33-19-17-31-48(52)50-39-46(35-37-54(50)58)62(43-24-10-3-11-25-43,44-26-12-4-13-27-44)45-28-14-5-15-29-45/h1-39H. The predicted octanol–water partition coefficient (Wildman–Crippen LogP) is 10.6. The Morgan fingerprint density at radius 2 is 0.613 bits per heavy atom. The van der Waals surface area contributed by atoms with Crippen LogP contribution in [0.5, 0.6) is 0 Å². The number of benzene rings is 9. The molecule has 3 nitrogen and oxygen atoms in total. The number of rotatable bonds is 7. The zero-order valence-electron chi connectivity index (χ0n) is 33.9. The molecule has 290 valence electrons. The average molecular weight is 806 g/mol. The maximum absolute atomic E-state index is 5.13. The second kappa shape index (κ2) is 14.4. The van der Waals surface area contributed by atoms with E-state index in [1.54, 1.807) is 0 Å². The van der Waals surface area contributed by atoms with Crippen molar-refractivity contribution in [2.75, 3.05) is 0 Å². The lowest BCUT2D eigenvalue weighted by Gasteiger charge is -2.35. The summed E-state index contributed by atoms with van der Waals surface area (Å²) in [5.74, 6) is 1.96. The molecule has 12 rings (SSSR count). The van der Waals surface area contributed by atoms with E-state index < -0.39 is 13.5 Å². The zero-order chi connectivity index (χ0) is 41.1. The van der Waals surface area contributed by atoms with Crippen LogP contribution in [0.2, 0.25) is 0 Å². The molecule has 4 heteroatoms. The molecule has 62 heavy (non-hydrogen) atoms. The van der Waals surface area contributed by atoms with E-state index in [0.29, 0.717) is 17.5 Å². The summed E-state index contributed by atoms with van der Waals surface area (Å²) in [5.41, 5.74) is 12.6. The summed E-state index contributed by atoms with van der Waals surface area (Å²) in [5, 5.41) is 5.47. The van der Waals surface area contributed by atoms with Gasteiger partial charge in [0.2, 0.25) is 0 Å². The van der Waals surface area contributed by atoms with E-state index in [0.717, 1.165) is 16.7 Å². The van der Waals surface area contributed by atoms with E-state index in [1.807, 2.05) is 36.4 Å². The highest BCUT2D eigenvalue weighted by atomic mass is 28.3. The number of aromatic nitrogens is 3. The molecule has 1 aromatic heterocycles. The van der Waals surface area contributed by atoms with Crippen LogP contribution in [0.3, 0.4) is 0 Å². The van der Waals surface area contributed by atoms with Crippen molar-refractivity contribution in [3.63, 3.8) is 0 Å². The molecule has 1 unspecified atom stereocenters. The van der Waals surface area contributed by atoms with Crippen molar-refractivity contribution in [1.29, 1.82) is 0 Å². The van der Waals surface area contributed by atoms with Crippen molar-refractivity contribution in [1.82, 2.24) is 15.0 Å². The molecule has 0 aliphatic heterocycles. The van der Waals surface area contributed by atoms with E-state index >= 15 is 0 Å². The van der Waals surface area contributed by atoms with Crippen LogP contribution in [-0.4, -0.2) is 23.0 Å². The van der Waals surface area contributed by atoms with Crippen LogP contribution in [0.1, 0.15) is 22.3 Å². The Hall–Kier alpha value is -7.79. The number of hydrogen-bond donors (Lipinski definition) is 0. The fourth-order valence-corrected chi connectivity index (χ4v) is 15.3. The van der Waals surface area contributed by atoms with Crippen molar-refractivity contribution in [3.8, 4) is 56.4 Å². The van der Waals surface area contributed by atoms with Crippen molar-refractivity contribution in [2.24, 2.45) is 0 Å². The fraction of sp³-hybridized carbons (Fsp3) is 0.0172. The SMILES string of the molecule is c1ccc(-c2nc(-c3ccccc3)nc(-c3ccc4c(c3)-c3ccccc3C43c4ccccc4-c4cc([Si](c5ccccc5)(c5ccccc5)c5ccccc5)ccc43)n2)cc1. The van der Waals surface area contributed by atoms with Crippen molar-refractivity contribution in [3.05, 3.63) is 259 Å². The largest absolute Gasteiger partial charge is 0.208 e. The van der Waals surface area contributed by atoms with E-state index in [2.05, 4.69) is 200 Å². The molecular weight excluding hydrogens is 767 g/mol. The van der Waals surface area contributed by atoms with Gasteiger partial charge in [0.1, 0.15) is 0 Å². The second-order valence-electron chi connectivity index (χ2n) is 16.2. The molecule has 10 aromatic rings. The third-order valence-corrected chi connectivity index (χ3v) is 17.9. The van der Waals surface area contributed by atoms with Crippen LogP contribution in [0.4, 0.5) is 0 Å².